The molecule has 0 aliphatic carbocycles. The van der Waals surface area contributed by atoms with Crippen LogP contribution in [0.15, 0.2) is 33.6 Å². The van der Waals surface area contributed by atoms with Gasteiger partial charge in [-0.3, -0.25) is 9.36 Å². The van der Waals surface area contributed by atoms with Crippen molar-refractivity contribution >= 4 is 17.1 Å². The monoisotopic (exact) mass is 408 g/mol. The van der Waals surface area contributed by atoms with Gasteiger partial charge in [0, 0.05) is 13.0 Å². The second kappa shape index (κ2) is 7.02. The Kier molecular flexibility index (Phi) is 4.31. The van der Waals surface area contributed by atoms with Gasteiger partial charge in [-0.1, -0.05) is 40.2 Å². The lowest BCUT2D eigenvalue weighted by Crippen LogP contribution is -2.26. The molecule has 30 heavy (non-hydrogen) atoms. The van der Waals surface area contributed by atoms with Gasteiger partial charge in [0.15, 0.2) is 11.3 Å². The molecular formula is C19H20N8O3. The Balaban J connectivity index is 1.35. The molecule has 154 valence electrons. The van der Waals surface area contributed by atoms with E-state index in [1.54, 1.807) is 7.05 Å². The first kappa shape index (κ1) is 18.4. The Morgan fingerprint density at radius 2 is 2.03 bits per heavy atom. The number of aryl methyl sites for hydroxylation is 2. The maximum atomic E-state index is 12.8. The molecule has 3 aromatic heterocycles. The van der Waals surface area contributed by atoms with Crippen molar-refractivity contribution in [2.24, 2.45) is 7.05 Å². The average molecular weight is 408 g/mol. The summed E-state index contributed by atoms with van der Waals surface area (Å²) in [5.41, 5.74) is 8.37. The topological polar surface area (TPSA) is 140 Å². The van der Waals surface area contributed by atoms with Crippen LogP contribution in [0.4, 0.5) is 5.95 Å². The van der Waals surface area contributed by atoms with E-state index in [2.05, 4.69) is 56.6 Å². The number of fused-ring (bicyclic) bond motifs is 1. The van der Waals surface area contributed by atoms with E-state index in [9.17, 15) is 4.79 Å². The quantitative estimate of drug-likeness (QED) is 0.525. The molecule has 0 amide bonds. The number of nitrogens with zero attached hydrogens (tertiary/aromatic N) is 7. The summed E-state index contributed by atoms with van der Waals surface area (Å²) >= 11 is 0. The van der Waals surface area contributed by atoms with Crippen LogP contribution < -0.4 is 11.3 Å². The molecule has 4 aromatic rings. The van der Waals surface area contributed by atoms with Crippen LogP contribution in [0.2, 0.25) is 0 Å². The lowest BCUT2D eigenvalue weighted by Gasteiger charge is -2.09. The number of anilines is 1. The second-order valence-corrected chi connectivity index (χ2v) is 7.46. The normalized spacial score (nSPS) is 19.0. The highest BCUT2D eigenvalue weighted by molar-refractivity contribution is 5.69. The van der Waals surface area contributed by atoms with Crippen molar-refractivity contribution in [2.45, 2.75) is 31.9 Å². The molecule has 0 unspecified atom stereocenters. The molecule has 11 nitrogen and oxygen atoms in total. The molecule has 4 heterocycles. The van der Waals surface area contributed by atoms with Crippen molar-refractivity contribution in [3.8, 4) is 0 Å². The maximum Gasteiger partial charge on any atom is 0.283 e. The first-order valence-corrected chi connectivity index (χ1v) is 9.56. The van der Waals surface area contributed by atoms with Crippen LogP contribution in [0, 0.1) is 6.92 Å². The molecule has 2 atom stereocenters. The Bertz CT molecular complexity index is 1270. The first-order valence-electron chi connectivity index (χ1n) is 9.56. The Morgan fingerprint density at radius 3 is 2.83 bits per heavy atom. The van der Waals surface area contributed by atoms with Gasteiger partial charge < -0.3 is 15.0 Å². The molecule has 0 radical (unpaired) electrons. The maximum absolute atomic E-state index is 12.8. The highest BCUT2D eigenvalue weighted by Crippen LogP contribution is 2.37. The molecule has 1 aromatic carbocycles. The summed E-state index contributed by atoms with van der Waals surface area (Å²) in [6.45, 7) is 2.58. The van der Waals surface area contributed by atoms with Gasteiger partial charge in [0.1, 0.15) is 6.54 Å². The lowest BCUT2D eigenvalue weighted by molar-refractivity contribution is 0.110. The van der Waals surface area contributed by atoms with Gasteiger partial charge in [-0.2, -0.15) is 9.97 Å². The van der Waals surface area contributed by atoms with E-state index in [0.717, 1.165) is 12.0 Å². The largest absolute Gasteiger partial charge is 0.373 e. The third-order valence-electron chi connectivity index (χ3n) is 5.34. The number of rotatable bonds is 4. The number of ether oxygens (including phenoxy) is 1. The summed E-state index contributed by atoms with van der Waals surface area (Å²) in [6.07, 6.45) is 0.762. The molecule has 2 N–H and O–H groups in total. The smallest absolute Gasteiger partial charge is 0.283 e. The number of aromatic nitrogens is 7. The molecule has 1 fully saturated rings. The SMILES string of the molecule is Cc1ccc([C@H]2C[C@H](c3noc(Cn4c(N)nc5nnn(C)c5c4=O)n3)CO2)cc1. The fraction of sp³-hybridized carbons (Fsp3) is 0.368. The fourth-order valence-electron chi connectivity index (χ4n) is 3.66. The van der Waals surface area contributed by atoms with Crippen LogP contribution in [-0.2, 0) is 18.3 Å². The Hall–Kier alpha value is -3.60. The van der Waals surface area contributed by atoms with Crippen LogP contribution in [0.1, 0.15) is 41.3 Å². The summed E-state index contributed by atoms with van der Waals surface area (Å²) in [6, 6.07) is 8.30. The summed E-state index contributed by atoms with van der Waals surface area (Å²) < 4.78 is 13.9. The van der Waals surface area contributed by atoms with E-state index >= 15 is 0 Å². The first-order chi connectivity index (χ1) is 14.5. The van der Waals surface area contributed by atoms with Crippen LogP contribution in [0.3, 0.4) is 0 Å². The zero-order valence-corrected chi connectivity index (χ0v) is 16.5. The number of hydrogen-bond acceptors (Lipinski definition) is 9. The van der Waals surface area contributed by atoms with Gasteiger partial charge in [0.25, 0.3) is 5.56 Å². The van der Waals surface area contributed by atoms with Crippen molar-refractivity contribution < 1.29 is 9.26 Å². The van der Waals surface area contributed by atoms with Crippen molar-refractivity contribution in [3.05, 3.63) is 57.5 Å². The fourth-order valence-corrected chi connectivity index (χ4v) is 3.66. The molecule has 1 aliphatic heterocycles. The van der Waals surface area contributed by atoms with Gasteiger partial charge >= 0.3 is 0 Å². The zero-order valence-electron chi connectivity index (χ0n) is 16.5. The highest BCUT2D eigenvalue weighted by atomic mass is 16.5. The van der Waals surface area contributed by atoms with E-state index < -0.39 is 0 Å². The van der Waals surface area contributed by atoms with Crippen molar-refractivity contribution in [1.29, 1.82) is 0 Å². The Morgan fingerprint density at radius 1 is 1.23 bits per heavy atom. The van der Waals surface area contributed by atoms with Gasteiger partial charge in [-0.05, 0) is 18.9 Å². The molecule has 1 saturated heterocycles. The standard InChI is InChI=1S/C19H20N8O3/c1-10-3-5-11(6-4-10)13-7-12(9-29-13)16-21-14(30-24-16)8-27-18(28)15-17(22-19(27)20)23-25-26(15)2/h3-6,12-13H,7-9H2,1-2H3,(H2,20,22)/t12-,13+/m0/s1. The van der Waals surface area contributed by atoms with Gasteiger partial charge in [-0.15, -0.1) is 5.10 Å². The summed E-state index contributed by atoms with van der Waals surface area (Å²) in [5, 5.41) is 11.7. The van der Waals surface area contributed by atoms with E-state index in [1.807, 2.05) is 0 Å². The number of hydrogen-bond donors (Lipinski definition) is 1. The molecule has 0 bridgehead atoms. The minimum absolute atomic E-state index is 0.000220. The summed E-state index contributed by atoms with van der Waals surface area (Å²) in [4.78, 5) is 21.3. The molecular weight excluding hydrogens is 388 g/mol. The highest BCUT2D eigenvalue weighted by Gasteiger charge is 2.31. The molecule has 5 rings (SSSR count). The number of nitrogens with two attached hydrogens (primary N) is 1. The molecule has 0 spiro atoms. The zero-order chi connectivity index (χ0) is 20.8. The third kappa shape index (κ3) is 3.12. The predicted octanol–water partition coefficient (Wildman–Crippen LogP) is 1.09. The van der Waals surface area contributed by atoms with E-state index in [1.165, 1.54) is 14.8 Å². The van der Waals surface area contributed by atoms with E-state index in [0.29, 0.717) is 12.4 Å². The van der Waals surface area contributed by atoms with Crippen LogP contribution in [-0.4, -0.2) is 41.3 Å². The van der Waals surface area contributed by atoms with Gasteiger partial charge in [0.05, 0.1) is 12.7 Å². The predicted molar refractivity (Wildman–Crippen MR) is 106 cm³/mol. The minimum Gasteiger partial charge on any atom is -0.373 e. The van der Waals surface area contributed by atoms with Crippen molar-refractivity contribution in [2.75, 3.05) is 12.3 Å². The van der Waals surface area contributed by atoms with Gasteiger partial charge in [-0.25, -0.2) is 4.68 Å². The Labute approximate surface area is 170 Å². The lowest BCUT2D eigenvalue weighted by atomic mass is 9.99. The third-order valence-corrected chi connectivity index (χ3v) is 5.34. The number of benzene rings is 1. The molecule has 11 heteroatoms. The van der Waals surface area contributed by atoms with Gasteiger partial charge in [0.2, 0.25) is 17.5 Å². The van der Waals surface area contributed by atoms with Crippen molar-refractivity contribution in [1.82, 2.24) is 34.7 Å². The van der Waals surface area contributed by atoms with E-state index in [4.69, 9.17) is 15.0 Å². The minimum atomic E-state index is -0.367. The van der Waals surface area contributed by atoms with Crippen molar-refractivity contribution in [3.63, 3.8) is 0 Å². The molecule has 1 aliphatic rings. The van der Waals surface area contributed by atoms with Crippen LogP contribution in [0.25, 0.3) is 11.2 Å². The molecule has 0 saturated carbocycles. The summed E-state index contributed by atoms with van der Waals surface area (Å²) in [5.74, 6) is 0.859. The van der Waals surface area contributed by atoms with E-state index in [-0.39, 0.29) is 47.1 Å². The summed E-state index contributed by atoms with van der Waals surface area (Å²) in [7, 11) is 1.62. The van der Waals surface area contributed by atoms with Crippen LogP contribution >= 0.6 is 0 Å². The number of nitrogen functional groups attached to an aromatic ring is 1. The average Bonchev–Trinajstić information content (AvgIpc) is 3.46. The van der Waals surface area contributed by atoms with Crippen LogP contribution in [0.5, 0.6) is 0 Å². The second-order valence-electron chi connectivity index (χ2n) is 7.46.